The topological polar surface area (TPSA) is 29.5 Å². The average molecular weight is 255 g/mol. The number of aliphatic hydroxyl groups is 1. The van der Waals surface area contributed by atoms with Crippen LogP contribution in [0.3, 0.4) is 0 Å². The van der Waals surface area contributed by atoms with E-state index in [9.17, 15) is 5.11 Å². The predicted molar refractivity (Wildman–Crippen MR) is 69.3 cm³/mol. The SMILES string of the molecule is CC(O)(Cc1ccc(Cl)cc1)C1CCCOC1. The molecule has 1 aliphatic rings. The molecule has 1 fully saturated rings. The molecule has 0 spiro atoms. The molecule has 1 aliphatic heterocycles. The molecule has 2 nitrogen and oxygen atoms in total. The van der Waals surface area contributed by atoms with Gasteiger partial charge in [-0.2, -0.15) is 0 Å². The van der Waals surface area contributed by atoms with Crippen molar-refractivity contribution >= 4 is 11.6 Å². The fraction of sp³-hybridized carbons (Fsp3) is 0.571. The lowest BCUT2D eigenvalue weighted by Gasteiger charge is -2.35. The number of hydrogen-bond donors (Lipinski definition) is 1. The first-order valence-electron chi connectivity index (χ1n) is 6.12. The molecular formula is C14H19ClO2. The summed E-state index contributed by atoms with van der Waals surface area (Å²) in [6.45, 7) is 3.40. The summed E-state index contributed by atoms with van der Waals surface area (Å²) in [6, 6.07) is 7.68. The minimum absolute atomic E-state index is 0.229. The van der Waals surface area contributed by atoms with Gasteiger partial charge in [-0.25, -0.2) is 0 Å². The number of ether oxygens (including phenoxy) is 1. The molecule has 94 valence electrons. The van der Waals surface area contributed by atoms with E-state index in [2.05, 4.69) is 0 Å². The summed E-state index contributed by atoms with van der Waals surface area (Å²) in [5.41, 5.74) is 0.416. The lowest BCUT2D eigenvalue weighted by molar-refractivity contribution is -0.0673. The maximum atomic E-state index is 10.5. The molecule has 0 saturated carbocycles. The molecule has 3 heteroatoms. The van der Waals surface area contributed by atoms with E-state index in [0.717, 1.165) is 30.0 Å². The maximum Gasteiger partial charge on any atom is 0.0709 e. The van der Waals surface area contributed by atoms with E-state index in [0.29, 0.717) is 13.0 Å². The third-order valence-corrected chi connectivity index (χ3v) is 3.77. The molecule has 1 N–H and O–H groups in total. The van der Waals surface area contributed by atoms with Crippen molar-refractivity contribution in [1.82, 2.24) is 0 Å². The molecular weight excluding hydrogens is 236 g/mol. The van der Waals surface area contributed by atoms with Crippen LogP contribution in [-0.2, 0) is 11.2 Å². The van der Waals surface area contributed by atoms with E-state index in [1.165, 1.54) is 0 Å². The van der Waals surface area contributed by atoms with Gasteiger partial charge in [0.15, 0.2) is 0 Å². The highest BCUT2D eigenvalue weighted by molar-refractivity contribution is 6.30. The lowest BCUT2D eigenvalue weighted by atomic mass is 9.81. The molecule has 1 aromatic carbocycles. The van der Waals surface area contributed by atoms with Gasteiger partial charge in [-0.3, -0.25) is 0 Å². The van der Waals surface area contributed by atoms with E-state index in [1.54, 1.807) is 0 Å². The molecule has 1 saturated heterocycles. The number of hydrogen-bond acceptors (Lipinski definition) is 2. The monoisotopic (exact) mass is 254 g/mol. The number of benzene rings is 1. The Labute approximate surface area is 108 Å². The molecule has 1 aromatic rings. The average Bonchev–Trinajstić information content (AvgIpc) is 2.33. The minimum Gasteiger partial charge on any atom is -0.389 e. The largest absolute Gasteiger partial charge is 0.389 e. The molecule has 0 radical (unpaired) electrons. The number of rotatable bonds is 3. The van der Waals surface area contributed by atoms with Crippen LogP contribution in [-0.4, -0.2) is 23.9 Å². The highest BCUT2D eigenvalue weighted by atomic mass is 35.5. The second-order valence-corrected chi connectivity index (χ2v) is 5.51. The van der Waals surface area contributed by atoms with E-state index in [1.807, 2.05) is 31.2 Å². The summed E-state index contributed by atoms with van der Waals surface area (Å²) >= 11 is 5.85. The van der Waals surface area contributed by atoms with Crippen LogP contribution in [0.1, 0.15) is 25.3 Å². The zero-order valence-electron chi connectivity index (χ0n) is 10.2. The van der Waals surface area contributed by atoms with Gasteiger partial charge >= 0.3 is 0 Å². The molecule has 0 amide bonds. The van der Waals surface area contributed by atoms with Crippen molar-refractivity contribution in [2.75, 3.05) is 13.2 Å². The third-order valence-electron chi connectivity index (χ3n) is 3.52. The van der Waals surface area contributed by atoms with Gasteiger partial charge in [0, 0.05) is 24.0 Å². The Kier molecular flexibility index (Phi) is 4.08. The van der Waals surface area contributed by atoms with Crippen molar-refractivity contribution in [2.45, 2.75) is 31.8 Å². The fourth-order valence-corrected chi connectivity index (χ4v) is 2.52. The van der Waals surface area contributed by atoms with Crippen molar-refractivity contribution < 1.29 is 9.84 Å². The smallest absolute Gasteiger partial charge is 0.0709 e. The first-order chi connectivity index (χ1) is 8.08. The van der Waals surface area contributed by atoms with E-state index in [-0.39, 0.29) is 5.92 Å². The van der Waals surface area contributed by atoms with Crippen LogP contribution in [0.25, 0.3) is 0 Å². The highest BCUT2D eigenvalue weighted by Crippen LogP contribution is 2.29. The summed E-state index contributed by atoms with van der Waals surface area (Å²) in [4.78, 5) is 0. The third kappa shape index (κ3) is 3.44. The van der Waals surface area contributed by atoms with Crippen LogP contribution < -0.4 is 0 Å². The van der Waals surface area contributed by atoms with Crippen LogP contribution in [0.5, 0.6) is 0 Å². The zero-order chi connectivity index (χ0) is 12.3. The van der Waals surface area contributed by atoms with Gasteiger partial charge in [0.25, 0.3) is 0 Å². The van der Waals surface area contributed by atoms with Crippen molar-refractivity contribution in [1.29, 1.82) is 0 Å². The zero-order valence-corrected chi connectivity index (χ0v) is 10.9. The van der Waals surface area contributed by atoms with E-state index in [4.69, 9.17) is 16.3 Å². The molecule has 0 aliphatic carbocycles. The molecule has 2 atom stereocenters. The van der Waals surface area contributed by atoms with Gasteiger partial charge in [0.1, 0.15) is 0 Å². The van der Waals surface area contributed by atoms with Crippen LogP contribution >= 0.6 is 11.6 Å². The Hall–Kier alpha value is -0.570. The van der Waals surface area contributed by atoms with Gasteiger partial charge in [0.05, 0.1) is 12.2 Å². The van der Waals surface area contributed by atoms with Crippen LogP contribution in [0.2, 0.25) is 5.02 Å². The summed E-state index contributed by atoms with van der Waals surface area (Å²) < 4.78 is 5.44. The maximum absolute atomic E-state index is 10.5. The van der Waals surface area contributed by atoms with Crippen molar-refractivity contribution in [2.24, 2.45) is 5.92 Å². The first-order valence-corrected chi connectivity index (χ1v) is 6.50. The van der Waals surface area contributed by atoms with Crippen molar-refractivity contribution in [3.8, 4) is 0 Å². The Bertz CT molecular complexity index is 353. The summed E-state index contributed by atoms with van der Waals surface area (Å²) in [5.74, 6) is 0.229. The predicted octanol–water partition coefficient (Wildman–Crippen LogP) is 3.06. The Morgan fingerprint density at radius 1 is 1.41 bits per heavy atom. The summed E-state index contributed by atoms with van der Waals surface area (Å²) in [6.07, 6.45) is 2.74. The quantitative estimate of drug-likeness (QED) is 0.898. The van der Waals surface area contributed by atoms with Crippen LogP contribution in [0.4, 0.5) is 0 Å². The second kappa shape index (κ2) is 5.38. The van der Waals surface area contributed by atoms with Crippen molar-refractivity contribution in [3.63, 3.8) is 0 Å². The molecule has 1 heterocycles. The van der Waals surface area contributed by atoms with Gasteiger partial charge < -0.3 is 9.84 Å². The van der Waals surface area contributed by atoms with Gasteiger partial charge in [0.2, 0.25) is 0 Å². The fourth-order valence-electron chi connectivity index (χ4n) is 2.39. The van der Waals surface area contributed by atoms with Gasteiger partial charge in [-0.1, -0.05) is 23.7 Å². The minimum atomic E-state index is -0.700. The molecule has 0 bridgehead atoms. The Balaban J connectivity index is 2.02. The number of halogens is 1. The first kappa shape index (κ1) is 12.9. The summed E-state index contributed by atoms with van der Waals surface area (Å²) in [5, 5.41) is 11.3. The Morgan fingerprint density at radius 3 is 2.71 bits per heavy atom. The summed E-state index contributed by atoms with van der Waals surface area (Å²) in [7, 11) is 0. The molecule has 17 heavy (non-hydrogen) atoms. The van der Waals surface area contributed by atoms with E-state index < -0.39 is 5.60 Å². The lowest BCUT2D eigenvalue weighted by Crippen LogP contribution is -2.41. The molecule has 0 aromatic heterocycles. The van der Waals surface area contributed by atoms with Crippen LogP contribution in [0, 0.1) is 5.92 Å². The molecule has 2 rings (SSSR count). The highest BCUT2D eigenvalue weighted by Gasteiger charge is 2.33. The standard InChI is InChI=1S/C14H19ClO2/c1-14(16,12-3-2-8-17-10-12)9-11-4-6-13(15)7-5-11/h4-7,12,16H,2-3,8-10H2,1H3. The van der Waals surface area contributed by atoms with E-state index >= 15 is 0 Å². The molecule has 2 unspecified atom stereocenters. The van der Waals surface area contributed by atoms with Crippen LogP contribution in [0.15, 0.2) is 24.3 Å². The second-order valence-electron chi connectivity index (χ2n) is 5.07. The van der Waals surface area contributed by atoms with Crippen molar-refractivity contribution in [3.05, 3.63) is 34.9 Å². The Morgan fingerprint density at radius 2 is 2.12 bits per heavy atom. The normalized spacial score (nSPS) is 24.3. The van der Waals surface area contributed by atoms with Gasteiger partial charge in [-0.05, 0) is 37.5 Å². The van der Waals surface area contributed by atoms with Gasteiger partial charge in [-0.15, -0.1) is 0 Å².